The fourth-order valence-electron chi connectivity index (χ4n) is 3.06. The Kier molecular flexibility index (Phi) is 7.51. The van der Waals surface area contributed by atoms with Crippen LogP contribution in [0.4, 0.5) is 0 Å². The predicted molar refractivity (Wildman–Crippen MR) is 79.9 cm³/mol. The van der Waals surface area contributed by atoms with E-state index in [4.69, 9.17) is 4.74 Å². The van der Waals surface area contributed by atoms with Gasteiger partial charge in [-0.3, -0.25) is 4.79 Å². The lowest BCUT2D eigenvalue weighted by Gasteiger charge is -2.28. The third kappa shape index (κ3) is 5.48. The van der Waals surface area contributed by atoms with E-state index in [0.717, 1.165) is 78.2 Å². The highest BCUT2D eigenvalue weighted by atomic mass is 16.5. The van der Waals surface area contributed by atoms with Crippen LogP contribution in [0.3, 0.4) is 0 Å². The van der Waals surface area contributed by atoms with Crippen molar-refractivity contribution in [3.8, 4) is 0 Å². The van der Waals surface area contributed by atoms with Crippen LogP contribution in [-0.2, 0) is 9.53 Å². The van der Waals surface area contributed by atoms with E-state index in [0.29, 0.717) is 17.6 Å². The van der Waals surface area contributed by atoms with Crippen LogP contribution in [0, 0.1) is 11.8 Å². The number of rotatable bonds is 2. The standard InChI is InChI=1S/C11H20N2O.C4H9NO/c14-11(9-1-5-12-6-2-9)10-3-7-13-8-4-10;1-3-6-4-2-5-1/h9-10,12-13H,1-8H2;5H,1-4H2. The van der Waals surface area contributed by atoms with Gasteiger partial charge in [0.2, 0.25) is 0 Å². The molecule has 0 atom stereocenters. The Bertz CT molecular complexity index is 239. The van der Waals surface area contributed by atoms with Crippen molar-refractivity contribution in [3.63, 3.8) is 0 Å². The molecule has 3 heterocycles. The van der Waals surface area contributed by atoms with Crippen molar-refractivity contribution in [2.45, 2.75) is 25.7 Å². The van der Waals surface area contributed by atoms with E-state index >= 15 is 0 Å². The topological polar surface area (TPSA) is 62.4 Å². The fourth-order valence-corrected chi connectivity index (χ4v) is 3.06. The second-order valence-corrected chi connectivity index (χ2v) is 5.81. The first-order chi connectivity index (χ1) is 9.88. The van der Waals surface area contributed by atoms with Crippen molar-refractivity contribution in [3.05, 3.63) is 0 Å². The molecular weight excluding hydrogens is 254 g/mol. The van der Waals surface area contributed by atoms with Gasteiger partial charge in [0.05, 0.1) is 13.2 Å². The van der Waals surface area contributed by atoms with Crippen molar-refractivity contribution in [1.82, 2.24) is 16.0 Å². The van der Waals surface area contributed by atoms with Crippen molar-refractivity contribution < 1.29 is 9.53 Å². The second-order valence-electron chi connectivity index (χ2n) is 5.81. The number of carbonyl (C=O) groups excluding carboxylic acids is 1. The van der Waals surface area contributed by atoms with Gasteiger partial charge in [-0.25, -0.2) is 0 Å². The number of hydrogen-bond donors (Lipinski definition) is 3. The normalized spacial score (nSPS) is 25.6. The highest BCUT2D eigenvalue weighted by Gasteiger charge is 2.28. The lowest BCUT2D eigenvalue weighted by atomic mass is 9.82. The van der Waals surface area contributed by atoms with Crippen LogP contribution in [0.15, 0.2) is 0 Å². The molecule has 0 unspecified atom stereocenters. The van der Waals surface area contributed by atoms with Crippen LogP contribution in [0.2, 0.25) is 0 Å². The lowest BCUT2D eigenvalue weighted by molar-refractivity contribution is -0.128. The molecule has 3 aliphatic heterocycles. The summed E-state index contributed by atoms with van der Waals surface area (Å²) in [6.07, 6.45) is 4.23. The van der Waals surface area contributed by atoms with E-state index in [9.17, 15) is 4.79 Å². The molecule has 0 spiro atoms. The fraction of sp³-hybridized carbons (Fsp3) is 0.933. The number of carbonyl (C=O) groups is 1. The molecule has 5 heteroatoms. The zero-order valence-corrected chi connectivity index (χ0v) is 12.5. The third-order valence-electron chi connectivity index (χ3n) is 4.33. The smallest absolute Gasteiger partial charge is 0.139 e. The van der Waals surface area contributed by atoms with Crippen molar-refractivity contribution >= 4 is 5.78 Å². The number of ether oxygens (including phenoxy) is 1. The number of Topliss-reactive ketones (excluding diaryl/α,β-unsaturated/α-hetero) is 1. The molecule has 0 saturated carbocycles. The summed E-state index contributed by atoms with van der Waals surface area (Å²) in [5, 5.41) is 9.78. The minimum Gasteiger partial charge on any atom is -0.379 e. The molecule has 0 aromatic rings. The first-order valence-electron chi connectivity index (χ1n) is 8.11. The minimum atomic E-state index is 0.361. The van der Waals surface area contributed by atoms with Crippen LogP contribution >= 0.6 is 0 Å². The SMILES string of the molecule is C1COCCN1.O=C(C1CCNCC1)C1CCNCC1. The molecule has 116 valence electrons. The van der Waals surface area contributed by atoms with Gasteiger partial charge in [-0.2, -0.15) is 0 Å². The van der Waals surface area contributed by atoms with Gasteiger partial charge in [0.25, 0.3) is 0 Å². The Morgan fingerprint density at radius 3 is 1.40 bits per heavy atom. The summed E-state index contributed by atoms with van der Waals surface area (Å²) >= 11 is 0. The molecule has 3 aliphatic rings. The minimum absolute atomic E-state index is 0.361. The van der Waals surface area contributed by atoms with Crippen molar-refractivity contribution in [2.24, 2.45) is 11.8 Å². The average molecular weight is 283 g/mol. The van der Waals surface area contributed by atoms with Crippen LogP contribution in [0.5, 0.6) is 0 Å². The quantitative estimate of drug-likeness (QED) is 0.674. The molecule has 0 amide bonds. The van der Waals surface area contributed by atoms with Crippen LogP contribution in [0.25, 0.3) is 0 Å². The van der Waals surface area contributed by atoms with Crippen LogP contribution in [0.1, 0.15) is 25.7 Å². The number of piperidine rings is 2. The Hall–Kier alpha value is -0.490. The number of nitrogens with one attached hydrogen (secondary N) is 3. The maximum atomic E-state index is 12.1. The first-order valence-corrected chi connectivity index (χ1v) is 8.11. The zero-order valence-electron chi connectivity index (χ0n) is 12.5. The summed E-state index contributed by atoms with van der Waals surface area (Å²) in [4.78, 5) is 12.1. The van der Waals surface area contributed by atoms with Gasteiger partial charge < -0.3 is 20.7 Å². The van der Waals surface area contributed by atoms with Gasteiger partial charge in [-0.05, 0) is 51.9 Å². The molecule has 20 heavy (non-hydrogen) atoms. The number of ketones is 1. The third-order valence-corrected chi connectivity index (χ3v) is 4.33. The molecule has 3 rings (SSSR count). The van der Waals surface area contributed by atoms with Crippen LogP contribution < -0.4 is 16.0 Å². The van der Waals surface area contributed by atoms with Gasteiger partial charge in [-0.15, -0.1) is 0 Å². The highest BCUT2D eigenvalue weighted by Crippen LogP contribution is 2.22. The van der Waals surface area contributed by atoms with E-state index in [1.54, 1.807) is 0 Å². The molecule has 0 radical (unpaired) electrons. The monoisotopic (exact) mass is 283 g/mol. The Morgan fingerprint density at radius 2 is 1.10 bits per heavy atom. The van der Waals surface area contributed by atoms with Crippen molar-refractivity contribution in [2.75, 3.05) is 52.5 Å². The molecule has 0 aliphatic carbocycles. The Morgan fingerprint density at radius 1 is 0.700 bits per heavy atom. The molecule has 0 aromatic carbocycles. The summed E-state index contributed by atoms with van der Waals surface area (Å²) in [5.41, 5.74) is 0. The number of hydrogen-bond acceptors (Lipinski definition) is 5. The van der Waals surface area contributed by atoms with Gasteiger partial charge in [0.1, 0.15) is 5.78 Å². The maximum Gasteiger partial charge on any atom is 0.139 e. The summed E-state index contributed by atoms with van der Waals surface area (Å²) in [6.45, 7) is 7.95. The first kappa shape index (κ1) is 15.9. The van der Waals surface area contributed by atoms with Gasteiger partial charge in [0, 0.05) is 24.9 Å². The molecule has 0 bridgehead atoms. The summed E-state index contributed by atoms with van der Waals surface area (Å²) in [5.74, 6) is 1.27. The zero-order chi connectivity index (χ0) is 14.0. The van der Waals surface area contributed by atoms with Gasteiger partial charge in [0.15, 0.2) is 0 Å². The van der Waals surface area contributed by atoms with Gasteiger partial charge in [-0.1, -0.05) is 0 Å². The molecule has 3 fully saturated rings. The second kappa shape index (κ2) is 9.45. The summed E-state index contributed by atoms with van der Waals surface area (Å²) in [6, 6.07) is 0. The number of morpholine rings is 1. The molecule has 0 aromatic heterocycles. The molecule has 3 saturated heterocycles. The van der Waals surface area contributed by atoms with Gasteiger partial charge >= 0.3 is 0 Å². The lowest BCUT2D eigenvalue weighted by Crippen LogP contribution is -2.38. The van der Waals surface area contributed by atoms with E-state index in [2.05, 4.69) is 16.0 Å². The van der Waals surface area contributed by atoms with E-state index in [-0.39, 0.29) is 0 Å². The predicted octanol–water partition coefficient (Wildman–Crippen LogP) is 0.161. The van der Waals surface area contributed by atoms with E-state index in [1.165, 1.54) is 0 Å². The summed E-state index contributed by atoms with van der Waals surface area (Å²) in [7, 11) is 0. The van der Waals surface area contributed by atoms with Crippen LogP contribution in [-0.4, -0.2) is 58.3 Å². The van der Waals surface area contributed by atoms with E-state index in [1.807, 2.05) is 0 Å². The Labute approximate surface area is 122 Å². The molecule has 5 nitrogen and oxygen atoms in total. The van der Waals surface area contributed by atoms with Crippen molar-refractivity contribution in [1.29, 1.82) is 0 Å². The molecule has 3 N–H and O–H groups in total. The molecular formula is C15H29N3O2. The average Bonchev–Trinajstić information content (AvgIpc) is 2.58. The highest BCUT2D eigenvalue weighted by molar-refractivity contribution is 5.83. The largest absolute Gasteiger partial charge is 0.379 e. The Balaban J connectivity index is 0.000000205. The summed E-state index contributed by atoms with van der Waals surface area (Å²) < 4.78 is 5.01. The van der Waals surface area contributed by atoms with E-state index < -0.39 is 0 Å². The maximum absolute atomic E-state index is 12.1.